The molecule has 0 aliphatic heterocycles. The molecule has 0 unspecified atom stereocenters. The first-order valence-corrected chi connectivity index (χ1v) is 11.3. The van der Waals surface area contributed by atoms with E-state index in [4.69, 9.17) is 4.74 Å². The predicted molar refractivity (Wildman–Crippen MR) is 140 cm³/mol. The highest BCUT2D eigenvalue weighted by molar-refractivity contribution is 9.10. The first kappa shape index (κ1) is 25.4. The number of hydrogen-bond donors (Lipinski definition) is 3. The molecule has 0 spiro atoms. The lowest BCUT2D eigenvalue weighted by atomic mass is 10.1. The molecule has 0 aliphatic carbocycles. The fourth-order valence-corrected chi connectivity index (χ4v) is 3.29. The number of nitrogens with one attached hydrogen (secondary N) is 3. The van der Waals surface area contributed by atoms with Gasteiger partial charge in [0.05, 0.1) is 17.5 Å². The number of halogens is 1. The molecular weight excluding hydrogens is 512 g/mol. The van der Waals surface area contributed by atoms with Gasteiger partial charge in [0.15, 0.2) is 0 Å². The van der Waals surface area contributed by atoms with Crippen molar-refractivity contribution in [2.24, 2.45) is 5.10 Å². The molecule has 3 amide bonds. The largest absolute Gasteiger partial charge is 0.489 e. The number of ether oxygens (including phenoxy) is 1. The van der Waals surface area contributed by atoms with Crippen molar-refractivity contribution >= 4 is 51.2 Å². The highest BCUT2D eigenvalue weighted by atomic mass is 79.9. The average Bonchev–Trinajstić information content (AvgIpc) is 2.85. The highest BCUT2D eigenvalue weighted by Gasteiger charge is 2.18. The van der Waals surface area contributed by atoms with Gasteiger partial charge >= 0.3 is 11.8 Å². The van der Waals surface area contributed by atoms with E-state index in [2.05, 4.69) is 43.7 Å². The molecule has 0 saturated carbocycles. The summed E-state index contributed by atoms with van der Waals surface area (Å²) in [5.41, 5.74) is 4.82. The van der Waals surface area contributed by atoms with Crippen LogP contribution in [-0.2, 0) is 9.59 Å². The van der Waals surface area contributed by atoms with Gasteiger partial charge in [0.1, 0.15) is 12.4 Å². The third-order valence-electron chi connectivity index (χ3n) is 4.63. The Bertz CT molecular complexity index is 1270. The van der Waals surface area contributed by atoms with Gasteiger partial charge in [-0.05, 0) is 49.4 Å². The number of carbonyl (C=O) groups excluding carboxylic acids is 3. The summed E-state index contributed by atoms with van der Waals surface area (Å²) in [6.45, 7) is 5.85. The zero-order valence-corrected chi connectivity index (χ0v) is 20.5. The van der Waals surface area contributed by atoms with Crippen molar-refractivity contribution in [3.8, 4) is 5.75 Å². The van der Waals surface area contributed by atoms with Gasteiger partial charge in [-0.3, -0.25) is 14.4 Å². The predicted octanol–water partition coefficient (Wildman–Crippen LogP) is 4.66. The van der Waals surface area contributed by atoms with Gasteiger partial charge in [0.25, 0.3) is 5.91 Å². The standard InChI is InChI=1S/C26H23BrN4O4/c1-3-14-35-23-13-10-19(27)15-18(23)16-28-31-26(34)25(33)30-22-7-5-4-6-21(22)24(32)29-20-11-8-17(2)9-12-20/h3-13,15-16H,1,14H2,2H3,(H,29,32)(H,30,33)(H,31,34)/b28-16+. The van der Waals surface area contributed by atoms with Gasteiger partial charge in [-0.2, -0.15) is 5.10 Å². The van der Waals surface area contributed by atoms with Crippen molar-refractivity contribution in [2.75, 3.05) is 17.2 Å². The summed E-state index contributed by atoms with van der Waals surface area (Å²) in [4.78, 5) is 37.4. The van der Waals surface area contributed by atoms with E-state index in [-0.39, 0.29) is 11.3 Å². The molecule has 0 atom stereocenters. The molecule has 0 fully saturated rings. The molecule has 8 nitrogen and oxygen atoms in total. The molecule has 0 radical (unpaired) electrons. The second-order valence-electron chi connectivity index (χ2n) is 7.30. The minimum atomic E-state index is -1.00. The number of amides is 3. The number of anilines is 2. The minimum Gasteiger partial charge on any atom is -0.489 e. The maximum absolute atomic E-state index is 12.7. The van der Waals surface area contributed by atoms with E-state index in [1.165, 1.54) is 12.3 Å². The molecule has 3 aromatic rings. The average molecular weight is 535 g/mol. The number of para-hydroxylation sites is 1. The molecular formula is C26H23BrN4O4. The summed E-state index contributed by atoms with van der Waals surface area (Å²) >= 11 is 3.37. The van der Waals surface area contributed by atoms with Crippen molar-refractivity contribution in [1.82, 2.24) is 5.43 Å². The smallest absolute Gasteiger partial charge is 0.329 e. The van der Waals surface area contributed by atoms with Crippen LogP contribution in [0.5, 0.6) is 5.75 Å². The van der Waals surface area contributed by atoms with Crippen molar-refractivity contribution in [3.05, 3.63) is 101 Å². The van der Waals surface area contributed by atoms with E-state index < -0.39 is 17.7 Å². The van der Waals surface area contributed by atoms with Crippen LogP contribution in [0.15, 0.2) is 89.0 Å². The minimum absolute atomic E-state index is 0.188. The van der Waals surface area contributed by atoms with Crippen molar-refractivity contribution in [2.45, 2.75) is 6.92 Å². The van der Waals surface area contributed by atoms with Gasteiger partial charge in [0, 0.05) is 15.7 Å². The Labute approximate surface area is 211 Å². The second kappa shape index (κ2) is 12.3. The molecule has 35 heavy (non-hydrogen) atoms. The molecule has 0 aliphatic rings. The maximum atomic E-state index is 12.7. The van der Waals surface area contributed by atoms with Crippen LogP contribution in [0.4, 0.5) is 11.4 Å². The number of nitrogens with zero attached hydrogens (tertiary/aromatic N) is 1. The van der Waals surface area contributed by atoms with Crippen molar-refractivity contribution < 1.29 is 19.1 Å². The van der Waals surface area contributed by atoms with Gasteiger partial charge in [-0.25, -0.2) is 5.43 Å². The monoisotopic (exact) mass is 534 g/mol. The molecule has 0 saturated heterocycles. The number of rotatable bonds is 8. The quantitative estimate of drug-likeness (QED) is 0.169. The van der Waals surface area contributed by atoms with E-state index in [9.17, 15) is 14.4 Å². The first-order chi connectivity index (χ1) is 16.9. The topological polar surface area (TPSA) is 109 Å². The summed E-state index contributed by atoms with van der Waals surface area (Å²) in [6.07, 6.45) is 2.96. The molecule has 178 valence electrons. The van der Waals surface area contributed by atoms with E-state index in [0.29, 0.717) is 23.6 Å². The fraction of sp³-hybridized carbons (Fsp3) is 0.0769. The lowest BCUT2D eigenvalue weighted by molar-refractivity contribution is -0.136. The van der Waals surface area contributed by atoms with Gasteiger partial charge in [-0.1, -0.05) is 58.4 Å². The highest BCUT2D eigenvalue weighted by Crippen LogP contribution is 2.22. The van der Waals surface area contributed by atoms with Crippen LogP contribution in [0, 0.1) is 6.92 Å². The number of hydrogen-bond acceptors (Lipinski definition) is 5. The summed E-state index contributed by atoms with van der Waals surface area (Å²) in [7, 11) is 0. The third kappa shape index (κ3) is 7.38. The molecule has 3 aromatic carbocycles. The van der Waals surface area contributed by atoms with Crippen LogP contribution in [0.3, 0.4) is 0 Å². The number of aryl methyl sites for hydroxylation is 1. The van der Waals surface area contributed by atoms with E-state index in [1.807, 2.05) is 19.1 Å². The summed E-state index contributed by atoms with van der Waals surface area (Å²) < 4.78 is 6.34. The Morgan fingerprint density at radius 1 is 1.00 bits per heavy atom. The van der Waals surface area contributed by atoms with Gasteiger partial charge in [-0.15, -0.1) is 0 Å². The lowest BCUT2D eigenvalue weighted by Gasteiger charge is -2.11. The van der Waals surface area contributed by atoms with E-state index in [1.54, 1.807) is 54.6 Å². The van der Waals surface area contributed by atoms with E-state index in [0.717, 1.165) is 10.0 Å². The van der Waals surface area contributed by atoms with Crippen LogP contribution in [-0.4, -0.2) is 30.5 Å². The normalized spacial score (nSPS) is 10.5. The van der Waals surface area contributed by atoms with Gasteiger partial charge < -0.3 is 15.4 Å². The zero-order chi connectivity index (χ0) is 25.2. The molecule has 9 heteroatoms. The first-order valence-electron chi connectivity index (χ1n) is 10.5. The number of hydrazone groups is 1. The zero-order valence-electron chi connectivity index (χ0n) is 18.9. The molecule has 0 bridgehead atoms. The lowest BCUT2D eigenvalue weighted by Crippen LogP contribution is -2.33. The van der Waals surface area contributed by atoms with E-state index >= 15 is 0 Å². The molecule has 3 N–H and O–H groups in total. The third-order valence-corrected chi connectivity index (χ3v) is 5.13. The fourth-order valence-electron chi connectivity index (χ4n) is 2.92. The van der Waals surface area contributed by atoms with Crippen molar-refractivity contribution in [1.29, 1.82) is 0 Å². The molecule has 0 heterocycles. The molecule has 3 rings (SSSR count). The summed E-state index contributed by atoms with van der Waals surface area (Å²) in [5, 5.41) is 9.07. The summed E-state index contributed by atoms with van der Waals surface area (Å²) in [5.74, 6) is -1.87. The van der Waals surface area contributed by atoms with Crippen LogP contribution in [0.2, 0.25) is 0 Å². The number of benzene rings is 3. The second-order valence-corrected chi connectivity index (χ2v) is 8.22. The van der Waals surface area contributed by atoms with Crippen LogP contribution < -0.4 is 20.8 Å². The Kier molecular flexibility index (Phi) is 8.91. The van der Waals surface area contributed by atoms with Gasteiger partial charge in [0.2, 0.25) is 0 Å². The molecule has 0 aromatic heterocycles. The Morgan fingerprint density at radius 2 is 1.74 bits per heavy atom. The Morgan fingerprint density at radius 3 is 2.49 bits per heavy atom. The SMILES string of the molecule is C=CCOc1ccc(Br)cc1/C=N/NC(=O)C(=O)Nc1ccccc1C(=O)Nc1ccc(C)cc1. The van der Waals surface area contributed by atoms with Crippen LogP contribution in [0.25, 0.3) is 0 Å². The number of carbonyl (C=O) groups is 3. The Balaban J connectivity index is 1.65. The van der Waals surface area contributed by atoms with Crippen LogP contribution in [0.1, 0.15) is 21.5 Å². The maximum Gasteiger partial charge on any atom is 0.329 e. The summed E-state index contributed by atoms with van der Waals surface area (Å²) in [6, 6.07) is 19.0. The van der Waals surface area contributed by atoms with Crippen molar-refractivity contribution in [3.63, 3.8) is 0 Å². The Hall–Kier alpha value is -4.24. The van der Waals surface area contributed by atoms with Crippen LogP contribution >= 0.6 is 15.9 Å².